The van der Waals surface area contributed by atoms with Crippen molar-refractivity contribution in [2.45, 2.75) is 17.7 Å². The maximum Gasteiger partial charge on any atom is 0.165 e. The Labute approximate surface area is 88.2 Å². The molecule has 0 heterocycles. The normalized spacial score (nSPS) is 18.2. The molecule has 0 bridgehead atoms. The minimum Gasteiger partial charge on any atom is -0.0913 e. The zero-order valence-electron chi connectivity index (χ0n) is 7.35. The highest BCUT2D eigenvalue weighted by Crippen LogP contribution is 2.49. The SMILES string of the molecule is CCC1=Cc2ccccc2C1(Cl)Cl. The molecule has 0 aliphatic heterocycles. The zero-order valence-corrected chi connectivity index (χ0v) is 8.86. The lowest BCUT2D eigenvalue weighted by Crippen LogP contribution is -2.09. The standard InChI is InChI=1S/C11H10Cl2/c1-2-9-7-8-5-3-4-6-10(8)11(9,12)13/h3-7H,2H2,1H3. The second-order valence-corrected chi connectivity index (χ2v) is 4.51. The molecule has 68 valence electrons. The van der Waals surface area contributed by atoms with E-state index in [0.29, 0.717) is 0 Å². The molecule has 1 aliphatic carbocycles. The Morgan fingerprint density at radius 3 is 2.54 bits per heavy atom. The highest BCUT2D eigenvalue weighted by Gasteiger charge is 2.36. The Balaban J connectivity index is 2.58. The van der Waals surface area contributed by atoms with Crippen molar-refractivity contribution in [2.75, 3.05) is 0 Å². The summed E-state index contributed by atoms with van der Waals surface area (Å²) >= 11 is 12.5. The second kappa shape index (κ2) is 3.04. The smallest absolute Gasteiger partial charge is 0.0913 e. The summed E-state index contributed by atoms with van der Waals surface area (Å²) in [5.74, 6) is 0. The van der Waals surface area contributed by atoms with E-state index in [-0.39, 0.29) is 0 Å². The van der Waals surface area contributed by atoms with E-state index in [1.165, 1.54) is 0 Å². The van der Waals surface area contributed by atoms with Crippen LogP contribution < -0.4 is 0 Å². The number of halogens is 2. The topological polar surface area (TPSA) is 0 Å². The van der Waals surface area contributed by atoms with Gasteiger partial charge in [0, 0.05) is 0 Å². The third-order valence-electron chi connectivity index (χ3n) is 2.41. The van der Waals surface area contributed by atoms with Gasteiger partial charge in [-0.2, -0.15) is 0 Å². The van der Waals surface area contributed by atoms with Gasteiger partial charge in [0.15, 0.2) is 4.33 Å². The number of hydrogen-bond donors (Lipinski definition) is 0. The molecule has 1 aromatic rings. The van der Waals surface area contributed by atoms with Crippen LogP contribution in [-0.2, 0) is 4.33 Å². The predicted molar refractivity (Wildman–Crippen MR) is 58.1 cm³/mol. The van der Waals surface area contributed by atoms with E-state index in [4.69, 9.17) is 23.2 Å². The molecule has 0 saturated heterocycles. The van der Waals surface area contributed by atoms with Gasteiger partial charge in [-0.1, -0.05) is 60.5 Å². The van der Waals surface area contributed by atoms with Gasteiger partial charge in [0.1, 0.15) is 0 Å². The van der Waals surface area contributed by atoms with E-state index < -0.39 is 4.33 Å². The van der Waals surface area contributed by atoms with Crippen molar-refractivity contribution >= 4 is 29.3 Å². The van der Waals surface area contributed by atoms with Crippen molar-refractivity contribution in [2.24, 2.45) is 0 Å². The average molecular weight is 213 g/mol. The zero-order chi connectivity index (χ0) is 9.47. The van der Waals surface area contributed by atoms with Gasteiger partial charge in [-0.25, -0.2) is 0 Å². The summed E-state index contributed by atoms with van der Waals surface area (Å²) in [6, 6.07) is 7.98. The lowest BCUT2D eigenvalue weighted by Gasteiger charge is -2.17. The lowest BCUT2D eigenvalue weighted by atomic mass is 10.1. The van der Waals surface area contributed by atoms with E-state index >= 15 is 0 Å². The van der Waals surface area contributed by atoms with Gasteiger partial charge in [-0.15, -0.1) is 0 Å². The molecule has 0 unspecified atom stereocenters. The van der Waals surface area contributed by atoms with Gasteiger partial charge < -0.3 is 0 Å². The molecule has 0 amide bonds. The van der Waals surface area contributed by atoms with Gasteiger partial charge in [0.25, 0.3) is 0 Å². The van der Waals surface area contributed by atoms with Crippen molar-refractivity contribution in [3.05, 3.63) is 41.0 Å². The largest absolute Gasteiger partial charge is 0.165 e. The molecule has 0 nitrogen and oxygen atoms in total. The van der Waals surface area contributed by atoms with Crippen LogP contribution in [0.1, 0.15) is 24.5 Å². The van der Waals surface area contributed by atoms with Crippen LogP contribution in [0, 0.1) is 0 Å². The van der Waals surface area contributed by atoms with Gasteiger partial charge in [-0.05, 0) is 23.1 Å². The fourth-order valence-electron chi connectivity index (χ4n) is 1.68. The molecule has 1 aliphatic rings. The summed E-state index contributed by atoms with van der Waals surface area (Å²) in [6.07, 6.45) is 2.97. The second-order valence-electron chi connectivity index (χ2n) is 3.18. The predicted octanol–water partition coefficient (Wildman–Crippen LogP) is 4.12. The first kappa shape index (κ1) is 9.11. The molecule has 0 spiro atoms. The average Bonchev–Trinajstić information content (AvgIpc) is 2.39. The van der Waals surface area contributed by atoms with Crippen molar-refractivity contribution < 1.29 is 0 Å². The first-order valence-corrected chi connectivity index (χ1v) is 5.10. The van der Waals surface area contributed by atoms with Crippen LogP contribution in [-0.4, -0.2) is 0 Å². The maximum absolute atomic E-state index is 6.26. The molecule has 0 fully saturated rings. The van der Waals surface area contributed by atoms with Crippen molar-refractivity contribution in [3.63, 3.8) is 0 Å². The summed E-state index contributed by atoms with van der Waals surface area (Å²) in [5.41, 5.74) is 3.23. The third-order valence-corrected chi connectivity index (χ3v) is 3.31. The molecule has 13 heavy (non-hydrogen) atoms. The third kappa shape index (κ3) is 1.29. The Bertz CT molecular complexity index is 364. The van der Waals surface area contributed by atoms with E-state index in [1.54, 1.807) is 0 Å². The quantitative estimate of drug-likeness (QED) is 0.615. The fourth-order valence-corrected chi connectivity index (χ4v) is 2.40. The van der Waals surface area contributed by atoms with Crippen LogP contribution >= 0.6 is 23.2 Å². The highest BCUT2D eigenvalue weighted by molar-refractivity contribution is 6.51. The van der Waals surface area contributed by atoms with Gasteiger partial charge in [0.2, 0.25) is 0 Å². The van der Waals surface area contributed by atoms with E-state index in [0.717, 1.165) is 23.1 Å². The molecule has 0 radical (unpaired) electrons. The van der Waals surface area contributed by atoms with Crippen LogP contribution in [0.25, 0.3) is 6.08 Å². The maximum atomic E-state index is 6.26. The molecular weight excluding hydrogens is 203 g/mol. The number of hydrogen-bond acceptors (Lipinski definition) is 0. The van der Waals surface area contributed by atoms with Gasteiger partial charge >= 0.3 is 0 Å². The summed E-state index contributed by atoms with van der Waals surface area (Å²) in [4.78, 5) is 0. The molecule has 2 rings (SSSR count). The molecule has 0 atom stereocenters. The van der Waals surface area contributed by atoms with Gasteiger partial charge in [-0.3, -0.25) is 0 Å². The minimum absolute atomic E-state index is 0.800. The molecule has 0 N–H and O–H groups in total. The number of allylic oxidation sites excluding steroid dienone is 1. The molecule has 0 aromatic heterocycles. The molecule has 1 aromatic carbocycles. The van der Waals surface area contributed by atoms with Crippen molar-refractivity contribution in [1.29, 1.82) is 0 Å². The first-order valence-electron chi connectivity index (χ1n) is 4.34. The number of fused-ring (bicyclic) bond motifs is 1. The minimum atomic E-state index is -0.800. The summed E-state index contributed by atoms with van der Waals surface area (Å²) in [7, 11) is 0. The van der Waals surface area contributed by atoms with Crippen LogP contribution in [0.3, 0.4) is 0 Å². The molecule has 2 heteroatoms. The number of alkyl halides is 2. The highest BCUT2D eigenvalue weighted by atomic mass is 35.5. The molecule has 0 saturated carbocycles. The first-order chi connectivity index (χ1) is 6.16. The lowest BCUT2D eigenvalue weighted by molar-refractivity contribution is 0.945. The van der Waals surface area contributed by atoms with E-state index in [9.17, 15) is 0 Å². The van der Waals surface area contributed by atoms with Crippen LogP contribution in [0.15, 0.2) is 29.8 Å². The van der Waals surface area contributed by atoms with Gasteiger partial charge in [0.05, 0.1) is 0 Å². The van der Waals surface area contributed by atoms with Crippen molar-refractivity contribution in [3.8, 4) is 0 Å². The van der Waals surface area contributed by atoms with Crippen LogP contribution in [0.4, 0.5) is 0 Å². The monoisotopic (exact) mass is 212 g/mol. The van der Waals surface area contributed by atoms with Crippen LogP contribution in [0.2, 0.25) is 0 Å². The molecular formula is C11H10Cl2. The van der Waals surface area contributed by atoms with Crippen molar-refractivity contribution in [1.82, 2.24) is 0 Å². The summed E-state index contributed by atoms with van der Waals surface area (Å²) in [6.45, 7) is 2.07. The number of rotatable bonds is 1. The number of benzene rings is 1. The Morgan fingerprint density at radius 1 is 1.23 bits per heavy atom. The van der Waals surface area contributed by atoms with E-state index in [2.05, 4.69) is 13.0 Å². The fraction of sp³-hybridized carbons (Fsp3) is 0.273. The Morgan fingerprint density at radius 2 is 1.92 bits per heavy atom. The van der Waals surface area contributed by atoms with Crippen LogP contribution in [0.5, 0.6) is 0 Å². The van der Waals surface area contributed by atoms with E-state index in [1.807, 2.05) is 24.3 Å². The summed E-state index contributed by atoms with van der Waals surface area (Å²) in [5, 5.41) is 0. The Hall–Kier alpha value is -0.460. The summed E-state index contributed by atoms with van der Waals surface area (Å²) < 4.78 is -0.800. The Kier molecular flexibility index (Phi) is 2.13.